The van der Waals surface area contributed by atoms with E-state index in [9.17, 15) is 0 Å². The van der Waals surface area contributed by atoms with Crippen molar-refractivity contribution in [2.45, 2.75) is 38.5 Å². The van der Waals surface area contributed by atoms with Gasteiger partial charge in [0.05, 0.1) is 0 Å². The zero-order chi connectivity index (χ0) is 8.36. The van der Waals surface area contributed by atoms with E-state index in [1.807, 2.05) is 0 Å². The van der Waals surface area contributed by atoms with Gasteiger partial charge in [-0.05, 0) is 0 Å². The third kappa shape index (κ3) is 10.4. The Morgan fingerprint density at radius 1 is 0.727 bits per heavy atom. The molecule has 0 bridgehead atoms. The van der Waals surface area contributed by atoms with Crippen LogP contribution in [0.3, 0.4) is 0 Å². The molecule has 0 aromatic rings. The molecule has 0 saturated heterocycles. The number of rotatable bonds is 2. The summed E-state index contributed by atoms with van der Waals surface area (Å²) in [7, 11) is 3.40. The summed E-state index contributed by atoms with van der Waals surface area (Å²) in [5.41, 5.74) is 0. The maximum absolute atomic E-state index is 4.50. The van der Waals surface area contributed by atoms with E-state index in [2.05, 4.69) is 9.05 Å². The van der Waals surface area contributed by atoms with Crippen LogP contribution >= 0.6 is 9.03 Å². The van der Waals surface area contributed by atoms with Crippen LogP contribution in [0.1, 0.15) is 38.5 Å². The fourth-order valence-electron chi connectivity index (χ4n) is 1.14. The molecule has 68 valence electrons. The second kappa shape index (κ2) is 10.3. The topological polar surface area (TPSA) is 18.5 Å². The van der Waals surface area contributed by atoms with Crippen molar-refractivity contribution >= 4 is 9.03 Å². The fraction of sp³-hybridized carbons (Fsp3) is 1.00. The van der Waals surface area contributed by atoms with Crippen LogP contribution in [0.5, 0.6) is 0 Å². The smallest absolute Gasteiger partial charge is 0.154 e. The van der Waals surface area contributed by atoms with E-state index >= 15 is 0 Å². The summed E-state index contributed by atoms with van der Waals surface area (Å²) in [4.78, 5) is 0. The van der Waals surface area contributed by atoms with Crippen LogP contribution in [0.25, 0.3) is 0 Å². The van der Waals surface area contributed by atoms with Crippen molar-refractivity contribution in [1.29, 1.82) is 0 Å². The van der Waals surface area contributed by atoms with Gasteiger partial charge in [-0.3, -0.25) is 0 Å². The van der Waals surface area contributed by atoms with E-state index in [-0.39, 0.29) is 9.03 Å². The summed E-state index contributed by atoms with van der Waals surface area (Å²) in [6.07, 6.45) is 9.00. The number of hydrogen-bond donors (Lipinski definition) is 0. The Bertz CT molecular complexity index is 51.6. The van der Waals surface area contributed by atoms with E-state index in [1.54, 1.807) is 14.2 Å². The lowest BCUT2D eigenvalue weighted by Crippen LogP contribution is -1.85. The number of hydrogen-bond acceptors (Lipinski definition) is 2. The van der Waals surface area contributed by atoms with Gasteiger partial charge in [-0.25, -0.2) is 0 Å². The average molecular weight is 178 g/mol. The van der Waals surface area contributed by atoms with Gasteiger partial charge in [-0.15, -0.1) is 0 Å². The summed E-state index contributed by atoms with van der Waals surface area (Å²) < 4.78 is 8.99. The molecule has 11 heavy (non-hydrogen) atoms. The SMILES string of the molecule is C1CCCCC1.COPOC. The zero-order valence-corrected chi connectivity index (χ0v) is 8.56. The van der Waals surface area contributed by atoms with Crippen molar-refractivity contribution < 1.29 is 9.05 Å². The van der Waals surface area contributed by atoms with E-state index in [0.717, 1.165) is 0 Å². The highest BCUT2D eigenvalue weighted by atomic mass is 31.1. The van der Waals surface area contributed by atoms with Crippen LogP contribution in [0.2, 0.25) is 0 Å². The Morgan fingerprint density at radius 3 is 1.09 bits per heavy atom. The lowest BCUT2D eigenvalue weighted by atomic mass is 10.0. The molecule has 1 aliphatic carbocycles. The molecular formula is C8H19O2P. The summed E-state index contributed by atoms with van der Waals surface area (Å²) >= 11 is 0. The van der Waals surface area contributed by atoms with Crippen molar-refractivity contribution in [1.82, 2.24) is 0 Å². The first-order valence-corrected chi connectivity index (χ1v) is 5.04. The molecule has 3 heteroatoms. The van der Waals surface area contributed by atoms with Crippen LogP contribution in [0, 0.1) is 0 Å². The van der Waals surface area contributed by atoms with Gasteiger partial charge < -0.3 is 9.05 Å². The zero-order valence-electron chi connectivity index (χ0n) is 7.56. The van der Waals surface area contributed by atoms with Gasteiger partial charge in [-0.2, -0.15) is 0 Å². The van der Waals surface area contributed by atoms with Gasteiger partial charge in [0.1, 0.15) is 0 Å². The van der Waals surface area contributed by atoms with Crippen molar-refractivity contribution in [2.75, 3.05) is 14.2 Å². The van der Waals surface area contributed by atoms with Crippen LogP contribution in [0.15, 0.2) is 0 Å². The van der Waals surface area contributed by atoms with Crippen LogP contribution < -0.4 is 0 Å². The fourth-order valence-corrected chi connectivity index (χ4v) is 1.31. The maximum atomic E-state index is 4.50. The van der Waals surface area contributed by atoms with Crippen LogP contribution in [-0.2, 0) is 9.05 Å². The van der Waals surface area contributed by atoms with Gasteiger partial charge in [0.25, 0.3) is 0 Å². The predicted octanol–water partition coefficient (Wildman–Crippen LogP) is 3.13. The Balaban J connectivity index is 0.000000187. The first kappa shape index (κ1) is 11.4. The Hall–Kier alpha value is 0.350. The second-order valence-corrected chi connectivity index (χ2v) is 3.60. The van der Waals surface area contributed by atoms with Gasteiger partial charge in [0.2, 0.25) is 0 Å². The molecule has 0 spiro atoms. The quantitative estimate of drug-likeness (QED) is 0.605. The van der Waals surface area contributed by atoms with E-state index in [1.165, 1.54) is 38.5 Å². The molecule has 2 nitrogen and oxygen atoms in total. The third-order valence-electron chi connectivity index (χ3n) is 1.67. The first-order valence-electron chi connectivity index (χ1n) is 4.22. The van der Waals surface area contributed by atoms with Crippen LogP contribution in [-0.4, -0.2) is 14.2 Å². The second-order valence-electron chi connectivity index (χ2n) is 2.61. The highest BCUT2D eigenvalue weighted by Crippen LogP contribution is 2.15. The molecule has 0 aliphatic heterocycles. The largest absolute Gasteiger partial charge is 0.340 e. The highest BCUT2D eigenvalue weighted by Gasteiger charge is 1.95. The highest BCUT2D eigenvalue weighted by molar-refractivity contribution is 7.26. The molecular weight excluding hydrogens is 159 g/mol. The molecule has 0 aromatic carbocycles. The lowest BCUT2D eigenvalue weighted by molar-refractivity contribution is 0.362. The van der Waals surface area contributed by atoms with Crippen LogP contribution in [0.4, 0.5) is 0 Å². The lowest BCUT2D eigenvalue weighted by Gasteiger charge is -2.05. The molecule has 1 rings (SSSR count). The van der Waals surface area contributed by atoms with E-state index < -0.39 is 0 Å². The maximum Gasteiger partial charge on any atom is 0.154 e. The summed E-state index contributed by atoms with van der Waals surface area (Å²) in [6.45, 7) is 0. The first-order chi connectivity index (χ1) is 5.41. The Morgan fingerprint density at radius 2 is 1.00 bits per heavy atom. The summed E-state index contributed by atoms with van der Waals surface area (Å²) in [6, 6.07) is 0. The van der Waals surface area contributed by atoms with Gasteiger partial charge >= 0.3 is 0 Å². The van der Waals surface area contributed by atoms with E-state index in [4.69, 9.17) is 0 Å². The minimum atomic E-state index is 0.198. The Kier molecular flexibility index (Phi) is 10.7. The van der Waals surface area contributed by atoms with E-state index in [0.29, 0.717) is 0 Å². The standard InChI is InChI=1S/C6H12.C2H7O2P/c1-2-4-6-5-3-1;1-3-5-4-2/h1-6H2;5H,1-2H3. The molecule has 1 aliphatic rings. The van der Waals surface area contributed by atoms with Crippen molar-refractivity contribution in [3.8, 4) is 0 Å². The molecule has 0 radical (unpaired) electrons. The summed E-state index contributed by atoms with van der Waals surface area (Å²) in [5.74, 6) is 0. The predicted molar refractivity (Wildman–Crippen MR) is 50.0 cm³/mol. The Labute approximate surface area is 71.6 Å². The molecule has 0 amide bonds. The molecule has 1 saturated carbocycles. The minimum absolute atomic E-state index is 0.198. The molecule has 0 heterocycles. The summed E-state index contributed by atoms with van der Waals surface area (Å²) in [5, 5.41) is 0. The molecule has 0 atom stereocenters. The normalized spacial score (nSPS) is 16.9. The minimum Gasteiger partial charge on any atom is -0.340 e. The van der Waals surface area contributed by atoms with Crippen molar-refractivity contribution in [3.05, 3.63) is 0 Å². The molecule has 0 N–H and O–H groups in total. The third-order valence-corrected chi connectivity index (χ3v) is 2.00. The molecule has 1 fully saturated rings. The van der Waals surface area contributed by atoms with Gasteiger partial charge in [-0.1, -0.05) is 38.5 Å². The van der Waals surface area contributed by atoms with Crippen molar-refractivity contribution in [3.63, 3.8) is 0 Å². The van der Waals surface area contributed by atoms with Crippen molar-refractivity contribution in [2.24, 2.45) is 0 Å². The molecule has 0 aromatic heterocycles. The van der Waals surface area contributed by atoms with Gasteiger partial charge in [0.15, 0.2) is 9.03 Å². The van der Waals surface area contributed by atoms with Gasteiger partial charge in [0, 0.05) is 14.2 Å². The monoisotopic (exact) mass is 178 g/mol. The molecule has 0 unspecified atom stereocenters. The average Bonchev–Trinajstić information content (AvgIpc) is 2.10.